The first-order valence-corrected chi connectivity index (χ1v) is 9.56. The predicted octanol–water partition coefficient (Wildman–Crippen LogP) is 4.37. The molecule has 0 aliphatic rings. The average molecular weight is 362 g/mol. The van der Waals surface area contributed by atoms with Crippen molar-refractivity contribution in [1.82, 2.24) is 0 Å². The minimum absolute atomic E-state index is 1.00. The van der Waals surface area contributed by atoms with Crippen molar-refractivity contribution in [1.29, 1.82) is 0 Å². The zero-order valence-corrected chi connectivity index (χ0v) is 17.0. The highest BCUT2D eigenvalue weighted by Gasteiger charge is 2.12. The Kier molecular flexibility index (Phi) is 5.75. The van der Waals surface area contributed by atoms with Gasteiger partial charge in [0.15, 0.2) is 6.20 Å². The van der Waals surface area contributed by atoms with Crippen LogP contribution >= 0.6 is 0 Å². The molecule has 0 fully saturated rings. The Hall–Kier alpha value is -2.88. The van der Waals surface area contributed by atoms with Crippen LogP contribution in [0.1, 0.15) is 26.3 Å². The predicted molar refractivity (Wildman–Crippen MR) is 116 cm³/mol. The van der Waals surface area contributed by atoms with E-state index in [1.54, 1.807) is 0 Å². The Morgan fingerprint density at radius 1 is 0.926 bits per heavy atom. The zero-order chi connectivity index (χ0) is 19.4. The van der Waals surface area contributed by atoms with Gasteiger partial charge in [0, 0.05) is 43.5 Å². The number of hydrogen-bond acceptors (Lipinski definition) is 3. The van der Waals surface area contributed by atoms with Crippen LogP contribution in [0.15, 0.2) is 65.9 Å². The summed E-state index contributed by atoms with van der Waals surface area (Å²) in [5.41, 5.74) is 5.70. The average Bonchev–Trinajstić information content (AvgIpc) is 2.70. The monoisotopic (exact) mass is 361 g/mol. The molecule has 4 nitrogen and oxygen atoms in total. The Labute approximate surface area is 162 Å². The molecule has 2 aromatic carbocycles. The van der Waals surface area contributed by atoms with E-state index in [1.165, 1.54) is 16.6 Å². The van der Waals surface area contributed by atoms with Crippen molar-refractivity contribution in [3.63, 3.8) is 0 Å². The maximum atomic E-state index is 4.84. The van der Waals surface area contributed by atoms with E-state index in [9.17, 15) is 0 Å². The van der Waals surface area contributed by atoms with Crippen molar-refractivity contribution < 1.29 is 4.57 Å². The van der Waals surface area contributed by atoms with Crippen LogP contribution in [-0.4, -0.2) is 25.8 Å². The number of pyridine rings is 1. The second-order valence-electron chi connectivity index (χ2n) is 6.76. The summed E-state index contributed by atoms with van der Waals surface area (Å²) in [5, 5.41) is 8.00. The first-order valence-electron chi connectivity index (χ1n) is 9.56. The van der Waals surface area contributed by atoms with Crippen molar-refractivity contribution in [3.8, 4) is 0 Å². The van der Waals surface area contributed by atoms with E-state index in [1.807, 2.05) is 12.1 Å². The van der Waals surface area contributed by atoms with E-state index < -0.39 is 0 Å². The smallest absolute Gasteiger partial charge is 0.212 e. The largest absolute Gasteiger partial charge is 0.372 e. The van der Waals surface area contributed by atoms with Crippen LogP contribution in [0.5, 0.6) is 0 Å². The van der Waals surface area contributed by atoms with Crippen LogP contribution in [0.4, 0.5) is 11.4 Å². The SMILES string of the molecule is CCN(CC)c1ccc(N(C)/N=C(\C)c2cc[n+](C)c3ccccc23)cc1. The van der Waals surface area contributed by atoms with Gasteiger partial charge in [-0.15, -0.1) is 0 Å². The topological polar surface area (TPSA) is 22.7 Å². The summed E-state index contributed by atoms with van der Waals surface area (Å²) in [7, 11) is 4.07. The first kappa shape index (κ1) is 18.9. The zero-order valence-electron chi connectivity index (χ0n) is 17.0. The number of hydrazone groups is 1. The van der Waals surface area contributed by atoms with Gasteiger partial charge in [0.2, 0.25) is 5.52 Å². The van der Waals surface area contributed by atoms with Crippen molar-refractivity contribution in [2.75, 3.05) is 30.0 Å². The third-order valence-electron chi connectivity index (χ3n) is 5.08. The molecule has 0 saturated carbocycles. The molecule has 140 valence electrons. The second-order valence-corrected chi connectivity index (χ2v) is 6.76. The van der Waals surface area contributed by atoms with Crippen LogP contribution in [-0.2, 0) is 7.05 Å². The molecule has 0 unspecified atom stereocenters. The molecule has 0 saturated heterocycles. The summed E-state index contributed by atoms with van der Waals surface area (Å²) >= 11 is 0. The Morgan fingerprint density at radius 3 is 2.22 bits per heavy atom. The maximum Gasteiger partial charge on any atom is 0.212 e. The lowest BCUT2D eigenvalue weighted by Gasteiger charge is -2.22. The van der Waals surface area contributed by atoms with E-state index in [0.717, 1.165) is 30.1 Å². The molecular weight excluding hydrogens is 332 g/mol. The van der Waals surface area contributed by atoms with Gasteiger partial charge in [-0.2, -0.15) is 5.10 Å². The summed E-state index contributed by atoms with van der Waals surface area (Å²) < 4.78 is 2.14. The van der Waals surface area contributed by atoms with Crippen LogP contribution in [0.25, 0.3) is 10.9 Å². The molecule has 1 aromatic heterocycles. The van der Waals surface area contributed by atoms with Crippen molar-refractivity contribution in [3.05, 3.63) is 66.4 Å². The molecule has 0 spiro atoms. The fraction of sp³-hybridized carbons (Fsp3) is 0.304. The first-order chi connectivity index (χ1) is 13.0. The molecule has 27 heavy (non-hydrogen) atoms. The molecule has 0 aliphatic carbocycles. The van der Waals surface area contributed by atoms with E-state index in [2.05, 4.69) is 98.1 Å². The highest BCUT2D eigenvalue weighted by atomic mass is 15.4. The number of rotatable bonds is 6. The number of para-hydroxylation sites is 1. The molecule has 3 aromatic rings. The van der Waals surface area contributed by atoms with E-state index in [0.29, 0.717) is 0 Å². The van der Waals surface area contributed by atoms with Crippen LogP contribution in [0, 0.1) is 0 Å². The molecule has 3 rings (SSSR count). The molecule has 0 bridgehead atoms. The Balaban J connectivity index is 1.89. The van der Waals surface area contributed by atoms with Crippen LogP contribution < -0.4 is 14.5 Å². The normalized spacial score (nSPS) is 11.7. The Morgan fingerprint density at radius 2 is 1.56 bits per heavy atom. The van der Waals surface area contributed by atoms with Gasteiger partial charge in [0.25, 0.3) is 0 Å². The van der Waals surface area contributed by atoms with Gasteiger partial charge in [-0.25, -0.2) is 4.57 Å². The minimum Gasteiger partial charge on any atom is -0.372 e. The van der Waals surface area contributed by atoms with E-state index >= 15 is 0 Å². The lowest BCUT2D eigenvalue weighted by molar-refractivity contribution is -0.644. The van der Waals surface area contributed by atoms with Gasteiger partial charge in [-0.1, -0.05) is 12.1 Å². The number of benzene rings is 2. The third-order valence-corrected chi connectivity index (χ3v) is 5.08. The molecule has 4 heteroatoms. The standard InChI is InChI=1S/C23H29N4/c1-6-27(7-2)20-14-12-19(13-15-20)26(5)24-18(3)21-16-17-25(4)23-11-9-8-10-22(21)23/h8-17H,6-7H2,1-5H3/q+1. The highest BCUT2D eigenvalue weighted by Crippen LogP contribution is 2.21. The van der Waals surface area contributed by atoms with Crippen molar-refractivity contribution in [2.24, 2.45) is 12.1 Å². The number of aromatic nitrogens is 1. The summed E-state index contributed by atoms with van der Waals surface area (Å²) in [4.78, 5) is 2.34. The number of nitrogens with zero attached hydrogens (tertiary/aromatic N) is 4. The van der Waals surface area contributed by atoms with Gasteiger partial charge in [0.05, 0.1) is 16.8 Å². The van der Waals surface area contributed by atoms with E-state index in [-0.39, 0.29) is 0 Å². The number of anilines is 2. The maximum absolute atomic E-state index is 4.84. The summed E-state index contributed by atoms with van der Waals surface area (Å²) in [6.45, 7) is 8.47. The minimum atomic E-state index is 1.00. The van der Waals surface area contributed by atoms with Gasteiger partial charge in [0.1, 0.15) is 7.05 Å². The molecule has 0 amide bonds. The van der Waals surface area contributed by atoms with Crippen molar-refractivity contribution in [2.45, 2.75) is 20.8 Å². The molecule has 0 aliphatic heterocycles. The van der Waals surface area contributed by atoms with Crippen molar-refractivity contribution >= 4 is 28.0 Å². The summed E-state index contributed by atoms with van der Waals surface area (Å²) in [6, 6.07) is 19.2. The molecule has 0 radical (unpaired) electrons. The highest BCUT2D eigenvalue weighted by molar-refractivity contribution is 6.08. The third kappa shape index (κ3) is 3.95. The number of fused-ring (bicyclic) bond motifs is 1. The number of hydrogen-bond donors (Lipinski definition) is 0. The fourth-order valence-corrected chi connectivity index (χ4v) is 3.49. The number of aryl methyl sites for hydroxylation is 1. The second kappa shape index (κ2) is 8.21. The molecular formula is C23H29N4+. The lowest BCUT2D eigenvalue weighted by atomic mass is 10.1. The summed E-state index contributed by atoms with van der Waals surface area (Å²) in [6.07, 6.45) is 2.09. The van der Waals surface area contributed by atoms with Crippen LogP contribution in [0.2, 0.25) is 0 Å². The quantitative estimate of drug-likeness (QED) is 0.370. The van der Waals surface area contributed by atoms with Gasteiger partial charge in [-0.3, -0.25) is 5.01 Å². The van der Waals surface area contributed by atoms with Crippen LogP contribution in [0.3, 0.4) is 0 Å². The lowest BCUT2D eigenvalue weighted by Crippen LogP contribution is -2.29. The van der Waals surface area contributed by atoms with Gasteiger partial charge in [-0.05, 0) is 51.1 Å². The van der Waals surface area contributed by atoms with Gasteiger partial charge < -0.3 is 4.90 Å². The Bertz CT molecular complexity index is 940. The van der Waals surface area contributed by atoms with Gasteiger partial charge >= 0.3 is 0 Å². The fourth-order valence-electron chi connectivity index (χ4n) is 3.49. The molecule has 0 N–H and O–H groups in total. The van der Waals surface area contributed by atoms with E-state index in [4.69, 9.17) is 5.10 Å². The summed E-state index contributed by atoms with van der Waals surface area (Å²) in [5.74, 6) is 0. The molecule has 1 heterocycles. The molecule has 0 atom stereocenters.